The highest BCUT2D eigenvalue weighted by atomic mass is 15.3. The van der Waals surface area contributed by atoms with Crippen LogP contribution >= 0.6 is 0 Å². The molecule has 0 saturated carbocycles. The maximum absolute atomic E-state index is 5.84. The maximum atomic E-state index is 5.84. The van der Waals surface area contributed by atoms with Crippen LogP contribution in [0.15, 0.2) is 24.5 Å². The van der Waals surface area contributed by atoms with E-state index in [-0.39, 0.29) is 0 Å². The Hall–Kier alpha value is -2.04. The zero-order chi connectivity index (χ0) is 11.5. The van der Waals surface area contributed by atoms with Gasteiger partial charge in [-0.15, -0.1) is 0 Å². The minimum atomic E-state index is 0.626. The van der Waals surface area contributed by atoms with Crippen LogP contribution in [0.5, 0.6) is 0 Å². The standard InChI is InChI=1S/C11H15N5/c1-8-5-10(12)11(13-6-8)14-7-9-3-4-16(2)15-9/h3-6H,7,12H2,1-2H3,(H,13,14). The lowest BCUT2D eigenvalue weighted by Gasteiger charge is -2.07. The van der Waals surface area contributed by atoms with E-state index < -0.39 is 0 Å². The van der Waals surface area contributed by atoms with Crippen molar-refractivity contribution in [3.05, 3.63) is 35.8 Å². The van der Waals surface area contributed by atoms with E-state index in [0.717, 1.165) is 11.3 Å². The molecule has 0 aliphatic rings. The van der Waals surface area contributed by atoms with Crippen LogP contribution < -0.4 is 11.1 Å². The summed E-state index contributed by atoms with van der Waals surface area (Å²) in [7, 11) is 1.89. The smallest absolute Gasteiger partial charge is 0.149 e. The topological polar surface area (TPSA) is 68.8 Å². The Labute approximate surface area is 94.3 Å². The molecule has 0 fully saturated rings. The van der Waals surface area contributed by atoms with Crippen molar-refractivity contribution in [2.45, 2.75) is 13.5 Å². The molecule has 5 nitrogen and oxygen atoms in total. The van der Waals surface area contributed by atoms with Gasteiger partial charge >= 0.3 is 0 Å². The summed E-state index contributed by atoms with van der Waals surface area (Å²) in [6, 6.07) is 3.85. The van der Waals surface area contributed by atoms with E-state index in [9.17, 15) is 0 Å². The third-order valence-electron chi connectivity index (χ3n) is 2.26. The number of nitrogens with one attached hydrogen (secondary N) is 1. The van der Waals surface area contributed by atoms with Crippen LogP contribution in [0.1, 0.15) is 11.3 Å². The van der Waals surface area contributed by atoms with Crippen molar-refractivity contribution >= 4 is 11.5 Å². The van der Waals surface area contributed by atoms with Gasteiger partial charge < -0.3 is 11.1 Å². The van der Waals surface area contributed by atoms with Crippen molar-refractivity contribution in [1.82, 2.24) is 14.8 Å². The average molecular weight is 217 g/mol. The summed E-state index contributed by atoms with van der Waals surface area (Å²) in [6.45, 7) is 2.59. The lowest BCUT2D eigenvalue weighted by molar-refractivity contribution is 0.747. The molecule has 0 radical (unpaired) electrons. The first-order valence-electron chi connectivity index (χ1n) is 5.09. The molecule has 5 heteroatoms. The third kappa shape index (κ3) is 2.31. The number of nitrogens with zero attached hydrogens (tertiary/aromatic N) is 3. The van der Waals surface area contributed by atoms with Crippen molar-refractivity contribution in [2.75, 3.05) is 11.1 Å². The lowest BCUT2D eigenvalue weighted by atomic mass is 10.3. The van der Waals surface area contributed by atoms with Crippen molar-refractivity contribution in [3.8, 4) is 0 Å². The highest BCUT2D eigenvalue weighted by Gasteiger charge is 2.01. The second-order valence-electron chi connectivity index (χ2n) is 3.78. The molecule has 0 aliphatic carbocycles. The normalized spacial score (nSPS) is 10.4. The quantitative estimate of drug-likeness (QED) is 0.813. The Bertz CT molecular complexity index is 489. The molecular formula is C11H15N5. The number of aryl methyl sites for hydroxylation is 2. The molecule has 2 aromatic rings. The van der Waals surface area contributed by atoms with Crippen molar-refractivity contribution in [2.24, 2.45) is 7.05 Å². The van der Waals surface area contributed by atoms with Gasteiger partial charge in [0, 0.05) is 19.4 Å². The Balaban J connectivity index is 2.04. The number of anilines is 2. The van der Waals surface area contributed by atoms with Gasteiger partial charge in [0.05, 0.1) is 17.9 Å². The average Bonchev–Trinajstić information content (AvgIpc) is 2.63. The highest BCUT2D eigenvalue weighted by Crippen LogP contribution is 2.16. The highest BCUT2D eigenvalue weighted by molar-refractivity contribution is 5.61. The van der Waals surface area contributed by atoms with Gasteiger partial charge in [0.1, 0.15) is 5.82 Å². The molecule has 0 atom stereocenters. The van der Waals surface area contributed by atoms with Gasteiger partial charge in [-0.05, 0) is 24.6 Å². The largest absolute Gasteiger partial charge is 0.396 e. The van der Waals surface area contributed by atoms with E-state index in [1.807, 2.05) is 32.3 Å². The Kier molecular flexibility index (Phi) is 2.76. The van der Waals surface area contributed by atoms with E-state index in [4.69, 9.17) is 5.73 Å². The molecule has 0 spiro atoms. The van der Waals surface area contributed by atoms with Gasteiger partial charge in [-0.25, -0.2) is 4.98 Å². The van der Waals surface area contributed by atoms with Crippen LogP contribution in [0.4, 0.5) is 11.5 Å². The molecule has 2 heterocycles. The van der Waals surface area contributed by atoms with Crippen LogP contribution in [0.2, 0.25) is 0 Å². The number of hydrogen-bond acceptors (Lipinski definition) is 4. The SMILES string of the molecule is Cc1cnc(NCc2ccn(C)n2)c(N)c1. The Morgan fingerprint density at radius 2 is 2.31 bits per heavy atom. The zero-order valence-corrected chi connectivity index (χ0v) is 9.44. The minimum Gasteiger partial charge on any atom is -0.396 e. The monoisotopic (exact) mass is 217 g/mol. The van der Waals surface area contributed by atoms with Gasteiger partial charge in [0.15, 0.2) is 0 Å². The van der Waals surface area contributed by atoms with Crippen molar-refractivity contribution in [3.63, 3.8) is 0 Å². The third-order valence-corrected chi connectivity index (χ3v) is 2.26. The first-order chi connectivity index (χ1) is 7.65. The molecule has 0 saturated heterocycles. The molecule has 0 amide bonds. The number of nitrogen functional groups attached to an aromatic ring is 1. The fourth-order valence-electron chi connectivity index (χ4n) is 1.47. The summed E-state index contributed by atoms with van der Waals surface area (Å²) in [6.07, 6.45) is 3.69. The summed E-state index contributed by atoms with van der Waals surface area (Å²) in [5, 5.41) is 7.42. The van der Waals surface area contributed by atoms with E-state index in [1.165, 1.54) is 0 Å². The van der Waals surface area contributed by atoms with Gasteiger partial charge in [-0.3, -0.25) is 4.68 Å². The second kappa shape index (κ2) is 4.22. The van der Waals surface area contributed by atoms with Crippen LogP contribution in [0.3, 0.4) is 0 Å². The van der Waals surface area contributed by atoms with Crippen LogP contribution in [-0.4, -0.2) is 14.8 Å². The molecule has 2 aromatic heterocycles. The predicted molar refractivity (Wildman–Crippen MR) is 63.9 cm³/mol. The van der Waals surface area contributed by atoms with E-state index in [0.29, 0.717) is 18.1 Å². The summed E-state index contributed by atoms with van der Waals surface area (Å²) in [5.41, 5.74) is 8.52. The van der Waals surface area contributed by atoms with E-state index in [1.54, 1.807) is 10.9 Å². The maximum Gasteiger partial charge on any atom is 0.149 e. The molecule has 3 N–H and O–H groups in total. The van der Waals surface area contributed by atoms with Gasteiger partial charge in [-0.2, -0.15) is 5.10 Å². The molecular weight excluding hydrogens is 202 g/mol. The molecule has 84 valence electrons. The Morgan fingerprint density at radius 1 is 1.50 bits per heavy atom. The molecule has 0 bridgehead atoms. The molecule has 0 aromatic carbocycles. The number of aromatic nitrogens is 3. The lowest BCUT2D eigenvalue weighted by Crippen LogP contribution is -2.05. The van der Waals surface area contributed by atoms with Crippen molar-refractivity contribution in [1.29, 1.82) is 0 Å². The fraction of sp³-hybridized carbons (Fsp3) is 0.273. The number of hydrogen-bond donors (Lipinski definition) is 2. The van der Waals surface area contributed by atoms with Gasteiger partial charge in [-0.1, -0.05) is 0 Å². The van der Waals surface area contributed by atoms with E-state index >= 15 is 0 Å². The first-order valence-corrected chi connectivity index (χ1v) is 5.09. The first kappa shape index (κ1) is 10.5. The van der Waals surface area contributed by atoms with Crippen LogP contribution in [0, 0.1) is 6.92 Å². The number of rotatable bonds is 3. The van der Waals surface area contributed by atoms with Crippen LogP contribution in [-0.2, 0) is 13.6 Å². The minimum absolute atomic E-state index is 0.626. The molecule has 16 heavy (non-hydrogen) atoms. The number of nitrogens with two attached hydrogens (primary N) is 1. The number of pyridine rings is 1. The summed E-state index contributed by atoms with van der Waals surface area (Å²) in [5.74, 6) is 0.705. The molecule has 0 unspecified atom stereocenters. The van der Waals surface area contributed by atoms with Gasteiger partial charge in [0.25, 0.3) is 0 Å². The van der Waals surface area contributed by atoms with Gasteiger partial charge in [0.2, 0.25) is 0 Å². The molecule has 2 rings (SSSR count). The predicted octanol–water partition coefficient (Wildman–Crippen LogP) is 1.32. The summed E-state index contributed by atoms with van der Waals surface area (Å²) in [4.78, 5) is 4.23. The second-order valence-corrected chi connectivity index (χ2v) is 3.78. The zero-order valence-electron chi connectivity index (χ0n) is 9.44. The van der Waals surface area contributed by atoms with Crippen molar-refractivity contribution < 1.29 is 0 Å². The fourth-order valence-corrected chi connectivity index (χ4v) is 1.47. The molecule has 0 aliphatic heterocycles. The van der Waals surface area contributed by atoms with E-state index in [2.05, 4.69) is 15.4 Å². The summed E-state index contributed by atoms with van der Waals surface area (Å²) >= 11 is 0. The Morgan fingerprint density at radius 3 is 2.94 bits per heavy atom. The summed E-state index contributed by atoms with van der Waals surface area (Å²) < 4.78 is 1.77. The van der Waals surface area contributed by atoms with Crippen LogP contribution in [0.25, 0.3) is 0 Å².